The molecule has 0 aliphatic rings. The molecule has 11 nitrogen and oxygen atoms in total. The van der Waals surface area contributed by atoms with Crippen molar-refractivity contribution in [3.8, 4) is 0 Å². The summed E-state index contributed by atoms with van der Waals surface area (Å²) >= 11 is 0. The zero-order valence-corrected chi connectivity index (χ0v) is 35.1. The number of unbranched alkanes of at least 4 members (excludes halogenated alkanes) is 9. The molecule has 0 radical (unpaired) electrons. The van der Waals surface area contributed by atoms with Crippen molar-refractivity contribution in [1.82, 2.24) is 0 Å². The first kappa shape index (κ1) is 50.2. The summed E-state index contributed by atoms with van der Waals surface area (Å²) in [6, 6.07) is 0. The van der Waals surface area contributed by atoms with Gasteiger partial charge in [0.2, 0.25) is 0 Å². The minimum atomic E-state index is -4.43. The van der Waals surface area contributed by atoms with Gasteiger partial charge < -0.3 is 29.6 Å². The third-order valence-corrected chi connectivity index (χ3v) is 9.96. The van der Waals surface area contributed by atoms with E-state index >= 15 is 0 Å². The normalized spacial score (nSPS) is 14.4. The van der Waals surface area contributed by atoms with E-state index in [-0.39, 0.29) is 32.6 Å². The van der Waals surface area contributed by atoms with Gasteiger partial charge in [0.25, 0.3) is 0 Å². The summed E-state index contributed by atoms with van der Waals surface area (Å²) in [6.45, 7) is 7.66. The minimum Gasteiger partial charge on any atom is -0.466 e. The molecule has 314 valence electrons. The Labute approximate surface area is 331 Å². The molecule has 4 N–H and O–H groups in total. The summed E-state index contributed by atoms with van der Waals surface area (Å²) in [5, 5.41) is 10.1. The topological polar surface area (TPSA) is 168 Å². The molecule has 1 aromatic rings. The summed E-state index contributed by atoms with van der Waals surface area (Å²) in [7, 11) is -4.43. The van der Waals surface area contributed by atoms with Gasteiger partial charge in [-0.25, -0.2) is 4.57 Å². The number of phosphoric acid groups is 1. The van der Waals surface area contributed by atoms with Gasteiger partial charge in [0.15, 0.2) is 6.10 Å². The Hall–Kier alpha value is -2.79. The molecular formula is C43H72NO10P. The van der Waals surface area contributed by atoms with E-state index in [1.165, 1.54) is 30.4 Å². The lowest BCUT2D eigenvalue weighted by Gasteiger charge is -2.19. The molecule has 3 atom stereocenters. The maximum absolute atomic E-state index is 12.6. The van der Waals surface area contributed by atoms with Crippen LogP contribution in [0, 0.1) is 13.8 Å². The van der Waals surface area contributed by atoms with Gasteiger partial charge in [0, 0.05) is 32.2 Å². The SMILES string of the molecule is CCCCC/C=C\C/C=C\CC(O)/C=C\C=C\CCCC(=O)O[C@H](COC(=O)CCCCCCCCc1oc(CCC)c(C)c1C)COP(=O)(O)OCCN. The van der Waals surface area contributed by atoms with Crippen LogP contribution < -0.4 is 5.73 Å². The fraction of sp³-hybridized carbons (Fsp3) is 0.674. The second kappa shape index (κ2) is 32.3. The number of phosphoric ester groups is 1. The highest BCUT2D eigenvalue weighted by molar-refractivity contribution is 7.47. The summed E-state index contributed by atoms with van der Waals surface area (Å²) in [5.41, 5.74) is 7.89. The van der Waals surface area contributed by atoms with E-state index in [4.69, 9.17) is 28.7 Å². The van der Waals surface area contributed by atoms with Crippen LogP contribution in [0.4, 0.5) is 0 Å². The number of aliphatic hydroxyl groups is 1. The molecule has 0 fully saturated rings. The van der Waals surface area contributed by atoms with E-state index in [0.717, 1.165) is 75.7 Å². The predicted molar refractivity (Wildman–Crippen MR) is 220 cm³/mol. The number of allylic oxidation sites excluding steroid dienone is 6. The van der Waals surface area contributed by atoms with E-state index in [0.29, 0.717) is 25.7 Å². The highest BCUT2D eigenvalue weighted by Gasteiger charge is 2.26. The first-order valence-corrected chi connectivity index (χ1v) is 22.1. The molecule has 1 aromatic heterocycles. The Morgan fingerprint density at radius 3 is 2.16 bits per heavy atom. The molecule has 12 heteroatoms. The number of esters is 2. The van der Waals surface area contributed by atoms with Crippen LogP contribution in [0.3, 0.4) is 0 Å². The Morgan fingerprint density at radius 1 is 0.764 bits per heavy atom. The van der Waals surface area contributed by atoms with Gasteiger partial charge in [-0.15, -0.1) is 0 Å². The molecule has 0 saturated carbocycles. The molecule has 0 spiro atoms. The summed E-state index contributed by atoms with van der Waals surface area (Å²) < 4.78 is 38.7. The van der Waals surface area contributed by atoms with E-state index in [9.17, 15) is 24.2 Å². The summed E-state index contributed by atoms with van der Waals surface area (Å²) in [5.74, 6) is 1.22. The van der Waals surface area contributed by atoms with Crippen LogP contribution in [-0.2, 0) is 45.5 Å². The molecule has 0 aliphatic carbocycles. The molecule has 55 heavy (non-hydrogen) atoms. The third-order valence-electron chi connectivity index (χ3n) is 8.97. The van der Waals surface area contributed by atoms with Crippen molar-refractivity contribution in [2.45, 2.75) is 162 Å². The lowest BCUT2D eigenvalue weighted by atomic mass is 10.0. The lowest BCUT2D eigenvalue weighted by molar-refractivity contribution is -0.161. The first-order valence-electron chi connectivity index (χ1n) is 20.6. The van der Waals surface area contributed by atoms with Crippen LogP contribution in [0.15, 0.2) is 53.0 Å². The number of rotatable bonds is 34. The van der Waals surface area contributed by atoms with Crippen molar-refractivity contribution >= 4 is 19.8 Å². The predicted octanol–water partition coefficient (Wildman–Crippen LogP) is 9.79. The molecule has 1 rings (SSSR count). The number of hydrogen-bond acceptors (Lipinski definition) is 10. The van der Waals surface area contributed by atoms with Crippen molar-refractivity contribution in [3.05, 3.63) is 71.3 Å². The Morgan fingerprint density at radius 2 is 1.44 bits per heavy atom. The fourth-order valence-electron chi connectivity index (χ4n) is 5.63. The van der Waals surface area contributed by atoms with Crippen LogP contribution >= 0.6 is 7.82 Å². The Bertz CT molecular complexity index is 1330. The van der Waals surface area contributed by atoms with Gasteiger partial charge in [0.05, 0.1) is 19.3 Å². The summed E-state index contributed by atoms with van der Waals surface area (Å²) in [4.78, 5) is 34.9. The maximum Gasteiger partial charge on any atom is 0.472 e. The largest absolute Gasteiger partial charge is 0.472 e. The Balaban J connectivity index is 2.37. The van der Waals surface area contributed by atoms with Gasteiger partial charge in [-0.1, -0.05) is 101 Å². The average Bonchev–Trinajstić information content (AvgIpc) is 3.42. The van der Waals surface area contributed by atoms with Crippen molar-refractivity contribution in [3.63, 3.8) is 0 Å². The average molecular weight is 794 g/mol. The van der Waals surface area contributed by atoms with Crippen LogP contribution in [0.5, 0.6) is 0 Å². The van der Waals surface area contributed by atoms with Crippen molar-refractivity contribution in [1.29, 1.82) is 0 Å². The third kappa shape index (κ3) is 26.7. The van der Waals surface area contributed by atoms with E-state index in [1.807, 2.05) is 18.2 Å². The monoisotopic (exact) mass is 793 g/mol. The number of aliphatic hydroxyl groups excluding tert-OH is 1. The molecule has 0 amide bonds. The van der Waals surface area contributed by atoms with Crippen molar-refractivity contribution in [2.75, 3.05) is 26.4 Å². The van der Waals surface area contributed by atoms with Gasteiger partial charge in [-0.2, -0.15) is 0 Å². The summed E-state index contributed by atoms with van der Waals surface area (Å²) in [6.07, 6.45) is 30.4. The van der Waals surface area contributed by atoms with Gasteiger partial charge in [-0.05, 0) is 82.8 Å². The molecule has 0 saturated heterocycles. The molecular weight excluding hydrogens is 721 g/mol. The van der Waals surface area contributed by atoms with Gasteiger partial charge in [-0.3, -0.25) is 18.6 Å². The molecule has 2 unspecified atom stereocenters. The zero-order chi connectivity index (χ0) is 40.6. The maximum atomic E-state index is 12.6. The standard InChI is InChI=1S/C43H72NO10P/c1-5-7-8-9-10-11-12-16-21-27-38(45)28-22-17-15-20-25-31-43(47)53-39(35-52-55(48,49)51-33-32-44)34-50-42(46)30-24-19-14-13-18-23-29-41-37(4)36(3)40(54-41)26-6-2/h10-11,15-17,21-22,28,38-39,45H,5-9,12-14,18-20,23-27,29-35,44H2,1-4H3,(H,48,49)/b11-10-,17-15+,21-16-,28-22-/t38?,39-/m1/s1. The molecule has 1 heterocycles. The van der Waals surface area contributed by atoms with Gasteiger partial charge >= 0.3 is 19.8 Å². The number of nitrogens with two attached hydrogens (primary N) is 1. The number of carbonyl (C=O) groups is 2. The highest BCUT2D eigenvalue weighted by atomic mass is 31.2. The van der Waals surface area contributed by atoms with Crippen LogP contribution in [0.25, 0.3) is 0 Å². The highest BCUT2D eigenvalue weighted by Crippen LogP contribution is 2.43. The van der Waals surface area contributed by atoms with Crippen LogP contribution in [0.2, 0.25) is 0 Å². The number of hydrogen-bond donors (Lipinski definition) is 3. The molecule has 0 bridgehead atoms. The Kier molecular flexibility index (Phi) is 29.5. The first-order chi connectivity index (χ1) is 26.5. The fourth-order valence-corrected chi connectivity index (χ4v) is 6.40. The second-order valence-electron chi connectivity index (χ2n) is 13.9. The number of furan rings is 1. The van der Waals surface area contributed by atoms with Crippen LogP contribution in [-0.4, -0.2) is 60.5 Å². The van der Waals surface area contributed by atoms with Crippen molar-refractivity contribution < 1.29 is 47.1 Å². The quantitative estimate of drug-likeness (QED) is 0.0200. The number of ether oxygens (including phenoxy) is 2. The van der Waals surface area contributed by atoms with Crippen LogP contribution in [0.1, 0.15) is 146 Å². The number of carbonyl (C=O) groups excluding carboxylic acids is 2. The second-order valence-corrected chi connectivity index (χ2v) is 15.4. The molecule has 0 aromatic carbocycles. The molecule has 0 aliphatic heterocycles. The van der Waals surface area contributed by atoms with Gasteiger partial charge in [0.1, 0.15) is 18.1 Å². The zero-order valence-electron chi connectivity index (χ0n) is 34.2. The van der Waals surface area contributed by atoms with E-state index in [2.05, 4.69) is 45.9 Å². The minimum absolute atomic E-state index is 0.0215. The van der Waals surface area contributed by atoms with E-state index in [1.54, 1.807) is 12.2 Å². The smallest absolute Gasteiger partial charge is 0.466 e. The number of aryl methyl sites for hydroxylation is 2. The van der Waals surface area contributed by atoms with E-state index < -0.39 is 38.6 Å². The van der Waals surface area contributed by atoms with Crippen molar-refractivity contribution in [2.24, 2.45) is 5.73 Å². The lowest BCUT2D eigenvalue weighted by Crippen LogP contribution is -2.29.